The summed E-state index contributed by atoms with van der Waals surface area (Å²) in [5, 5.41) is 1.89. The van der Waals surface area contributed by atoms with Crippen LogP contribution in [0.1, 0.15) is 44.5 Å². The van der Waals surface area contributed by atoms with Gasteiger partial charge in [0.15, 0.2) is 0 Å². The summed E-state index contributed by atoms with van der Waals surface area (Å²) >= 11 is 0. The average molecular weight is 501 g/mol. The molecule has 36 heavy (non-hydrogen) atoms. The van der Waals surface area contributed by atoms with Crippen LogP contribution < -0.4 is 10.4 Å². The van der Waals surface area contributed by atoms with Crippen molar-refractivity contribution >= 4 is 30.9 Å². The summed E-state index contributed by atoms with van der Waals surface area (Å²) in [6.45, 7) is 12.3. The third-order valence-corrected chi connectivity index (χ3v) is 11.7. The van der Waals surface area contributed by atoms with Gasteiger partial charge in [0.2, 0.25) is 0 Å². The molecule has 5 heteroatoms. The van der Waals surface area contributed by atoms with E-state index in [0.29, 0.717) is 12.0 Å². The fraction of sp³-hybridized carbons (Fsp3) is 0.290. The number of hydrogen-bond donors (Lipinski definition) is 0. The van der Waals surface area contributed by atoms with Crippen LogP contribution in [0, 0.1) is 5.92 Å². The Morgan fingerprint density at radius 1 is 0.889 bits per heavy atom. The minimum absolute atomic E-state index is 0.286. The van der Waals surface area contributed by atoms with Gasteiger partial charge in [-0.25, -0.2) is 4.79 Å². The van der Waals surface area contributed by atoms with Crippen LogP contribution in [-0.4, -0.2) is 32.8 Å². The fourth-order valence-corrected chi connectivity index (χ4v) is 9.37. The van der Waals surface area contributed by atoms with Gasteiger partial charge in [-0.05, 0) is 27.5 Å². The first-order valence-corrected chi connectivity index (χ1v) is 14.3. The van der Waals surface area contributed by atoms with Gasteiger partial charge in [0.1, 0.15) is 18.5 Å². The Hall–Kier alpha value is -3.28. The second kappa shape index (κ2) is 12.1. The van der Waals surface area contributed by atoms with E-state index in [0.717, 1.165) is 16.7 Å². The maximum atomic E-state index is 12.9. The van der Waals surface area contributed by atoms with Crippen molar-refractivity contribution in [3.8, 4) is 0 Å². The normalized spacial score (nSPS) is 14.3. The molecule has 188 valence electrons. The standard InChI is InChI=1S/C31H36O4Si/c1-6-16-28(34-30(33)25-17-10-7-11-18-25)24(2)29(23-32)35-36(31(3,4)5,26-19-12-8-13-20-26)27-21-14-9-15-22-27/h6-15,17-24,28-29H,1,16H2,2-5H3/t24-,28-,29-/m0/s1. The van der Waals surface area contributed by atoms with Crippen molar-refractivity contribution in [1.82, 2.24) is 0 Å². The lowest BCUT2D eigenvalue weighted by Crippen LogP contribution is -2.68. The highest BCUT2D eigenvalue weighted by Crippen LogP contribution is 2.38. The van der Waals surface area contributed by atoms with Crippen LogP contribution in [0.15, 0.2) is 104 Å². The molecule has 0 aliphatic heterocycles. The number of carbonyl (C=O) groups is 2. The molecule has 0 bridgehead atoms. The van der Waals surface area contributed by atoms with Crippen molar-refractivity contribution in [3.05, 3.63) is 109 Å². The molecule has 0 aromatic heterocycles. The molecular weight excluding hydrogens is 464 g/mol. The second-order valence-electron chi connectivity index (χ2n) is 10.1. The number of carbonyl (C=O) groups excluding carboxylic acids is 2. The summed E-state index contributed by atoms with van der Waals surface area (Å²) in [5.41, 5.74) is 0.467. The van der Waals surface area contributed by atoms with Crippen LogP contribution in [0.3, 0.4) is 0 Å². The molecule has 0 saturated heterocycles. The van der Waals surface area contributed by atoms with Crippen molar-refractivity contribution in [2.45, 2.75) is 51.4 Å². The van der Waals surface area contributed by atoms with Gasteiger partial charge in [0.25, 0.3) is 8.32 Å². The van der Waals surface area contributed by atoms with E-state index in [9.17, 15) is 9.59 Å². The zero-order valence-corrected chi connectivity index (χ0v) is 22.6. The van der Waals surface area contributed by atoms with Gasteiger partial charge >= 0.3 is 5.97 Å². The molecule has 0 heterocycles. The summed E-state index contributed by atoms with van der Waals surface area (Å²) in [6.07, 6.45) is 1.63. The number of ether oxygens (including phenoxy) is 1. The fourth-order valence-electron chi connectivity index (χ4n) is 4.68. The van der Waals surface area contributed by atoms with Crippen molar-refractivity contribution in [3.63, 3.8) is 0 Å². The Balaban J connectivity index is 2.02. The predicted molar refractivity (Wildman–Crippen MR) is 148 cm³/mol. The first-order chi connectivity index (χ1) is 17.2. The lowest BCUT2D eigenvalue weighted by molar-refractivity contribution is -0.118. The van der Waals surface area contributed by atoms with Gasteiger partial charge < -0.3 is 14.0 Å². The molecule has 0 fully saturated rings. The third-order valence-electron chi connectivity index (χ3n) is 6.64. The molecule has 3 atom stereocenters. The topological polar surface area (TPSA) is 52.6 Å². The molecule has 0 aliphatic rings. The summed E-state index contributed by atoms with van der Waals surface area (Å²) in [6, 6.07) is 29.2. The molecule has 0 spiro atoms. The number of aldehydes is 1. The quantitative estimate of drug-likeness (QED) is 0.150. The zero-order chi connectivity index (χ0) is 26.2. The van der Waals surface area contributed by atoms with Crippen LogP contribution in [-0.2, 0) is 14.0 Å². The molecule has 0 amide bonds. The lowest BCUT2D eigenvalue weighted by atomic mass is 9.96. The Labute approximate surface area is 216 Å². The summed E-state index contributed by atoms with van der Waals surface area (Å²) < 4.78 is 12.9. The van der Waals surface area contributed by atoms with E-state index in [4.69, 9.17) is 9.16 Å². The molecule has 3 aromatic carbocycles. The van der Waals surface area contributed by atoms with Crippen molar-refractivity contribution < 1.29 is 18.8 Å². The minimum atomic E-state index is -2.97. The Bertz CT molecular complexity index is 1080. The molecule has 0 saturated carbocycles. The van der Waals surface area contributed by atoms with Crippen molar-refractivity contribution in [2.75, 3.05) is 0 Å². The van der Waals surface area contributed by atoms with E-state index in [1.54, 1.807) is 30.3 Å². The first kappa shape index (κ1) is 27.3. The predicted octanol–water partition coefficient (Wildman–Crippen LogP) is 5.57. The van der Waals surface area contributed by atoms with Crippen LogP contribution in [0.2, 0.25) is 5.04 Å². The molecule has 3 rings (SSSR count). The first-order valence-electron chi connectivity index (χ1n) is 12.4. The van der Waals surface area contributed by atoms with Gasteiger partial charge in [0.05, 0.1) is 5.56 Å². The maximum Gasteiger partial charge on any atom is 0.338 e. The lowest BCUT2D eigenvalue weighted by Gasteiger charge is -2.45. The van der Waals surface area contributed by atoms with E-state index in [1.807, 2.05) is 49.4 Å². The number of rotatable bonds is 11. The Morgan fingerprint density at radius 3 is 1.78 bits per heavy atom. The van der Waals surface area contributed by atoms with Gasteiger partial charge in [-0.15, -0.1) is 6.58 Å². The van der Waals surface area contributed by atoms with E-state index < -0.39 is 32.4 Å². The SMILES string of the molecule is C=CC[C@H](OC(=O)c1ccccc1)[C@H](C)[C@H](C=O)O[Si](c1ccccc1)(c1ccccc1)C(C)(C)C. The van der Waals surface area contributed by atoms with Gasteiger partial charge in [-0.2, -0.15) is 0 Å². The van der Waals surface area contributed by atoms with Gasteiger partial charge in [0, 0.05) is 12.3 Å². The highest BCUT2D eigenvalue weighted by Gasteiger charge is 2.52. The van der Waals surface area contributed by atoms with Gasteiger partial charge in [-0.3, -0.25) is 0 Å². The maximum absolute atomic E-state index is 12.9. The second-order valence-corrected chi connectivity index (χ2v) is 14.3. The van der Waals surface area contributed by atoms with Crippen LogP contribution in [0.25, 0.3) is 0 Å². The number of hydrogen-bond acceptors (Lipinski definition) is 4. The largest absolute Gasteiger partial charge is 0.458 e. The van der Waals surface area contributed by atoms with E-state index in [1.165, 1.54) is 0 Å². The summed E-state index contributed by atoms with van der Waals surface area (Å²) in [5.74, 6) is -0.820. The van der Waals surface area contributed by atoms with Crippen LogP contribution in [0.5, 0.6) is 0 Å². The van der Waals surface area contributed by atoms with E-state index in [2.05, 4.69) is 51.6 Å². The molecule has 0 N–H and O–H groups in total. The number of esters is 1. The van der Waals surface area contributed by atoms with E-state index >= 15 is 0 Å². The van der Waals surface area contributed by atoms with Crippen molar-refractivity contribution in [2.24, 2.45) is 5.92 Å². The highest BCUT2D eigenvalue weighted by atomic mass is 28.4. The number of benzene rings is 3. The Kier molecular flexibility index (Phi) is 9.18. The van der Waals surface area contributed by atoms with Gasteiger partial charge in [-0.1, -0.05) is 113 Å². The van der Waals surface area contributed by atoms with Crippen LogP contribution >= 0.6 is 0 Å². The molecular formula is C31H36O4Si. The average Bonchev–Trinajstić information content (AvgIpc) is 2.89. The van der Waals surface area contributed by atoms with Crippen LogP contribution in [0.4, 0.5) is 0 Å². The van der Waals surface area contributed by atoms with E-state index in [-0.39, 0.29) is 5.04 Å². The molecule has 4 nitrogen and oxygen atoms in total. The minimum Gasteiger partial charge on any atom is -0.458 e. The smallest absolute Gasteiger partial charge is 0.338 e. The highest BCUT2D eigenvalue weighted by molar-refractivity contribution is 6.99. The molecule has 3 aromatic rings. The summed E-state index contributed by atoms with van der Waals surface area (Å²) in [4.78, 5) is 25.5. The summed E-state index contributed by atoms with van der Waals surface area (Å²) in [7, 11) is -2.97. The Morgan fingerprint density at radius 2 is 1.36 bits per heavy atom. The monoisotopic (exact) mass is 500 g/mol. The zero-order valence-electron chi connectivity index (χ0n) is 21.6. The molecule has 0 aliphatic carbocycles. The molecule has 0 radical (unpaired) electrons. The third kappa shape index (κ3) is 5.92. The molecule has 0 unspecified atom stereocenters. The van der Waals surface area contributed by atoms with Crippen molar-refractivity contribution in [1.29, 1.82) is 0 Å².